The van der Waals surface area contributed by atoms with E-state index in [1.807, 2.05) is 30.5 Å². The van der Waals surface area contributed by atoms with Crippen LogP contribution in [0.1, 0.15) is 24.8 Å². The Balaban J connectivity index is 2.21. The molecule has 0 saturated carbocycles. The quantitative estimate of drug-likeness (QED) is 0.134. The molecule has 1 aromatic carbocycles. The molecule has 0 aliphatic carbocycles. The Hall–Kier alpha value is -3.30. The first-order valence-electron chi connectivity index (χ1n) is 11.1. The van der Waals surface area contributed by atoms with Crippen LogP contribution in [0.5, 0.6) is 0 Å². The number of H-pyrrole nitrogens is 1. The zero-order chi connectivity index (χ0) is 24.4. The minimum Gasteiger partial charge on any atom is -0.495 e. The van der Waals surface area contributed by atoms with Crippen LogP contribution in [0.2, 0.25) is 0 Å². The van der Waals surface area contributed by atoms with Crippen LogP contribution in [0.3, 0.4) is 0 Å². The summed E-state index contributed by atoms with van der Waals surface area (Å²) < 4.78 is 0. The molecule has 9 nitrogen and oxygen atoms in total. The third-order valence-electron chi connectivity index (χ3n) is 5.64. The number of nitrogens with zero attached hydrogens (tertiary/aromatic N) is 2. The van der Waals surface area contributed by atoms with Gasteiger partial charge in [-0.3, -0.25) is 9.59 Å². The van der Waals surface area contributed by atoms with E-state index >= 15 is 0 Å². The van der Waals surface area contributed by atoms with E-state index in [0.717, 1.165) is 29.3 Å². The zero-order valence-electron chi connectivity index (χ0n) is 19.5. The fraction of sp³-hybridized carbons (Fsp3) is 0.417. The molecule has 0 saturated heterocycles. The molecule has 9 heteroatoms. The number of carbonyl (C=O) groups excluding carboxylic acids is 2. The second-order valence-electron chi connectivity index (χ2n) is 8.08. The third kappa shape index (κ3) is 7.10. The Morgan fingerprint density at radius 1 is 1.27 bits per heavy atom. The van der Waals surface area contributed by atoms with E-state index in [1.165, 1.54) is 22.0 Å². The lowest BCUT2D eigenvalue weighted by Gasteiger charge is -2.30. The minimum absolute atomic E-state index is 0.0372. The number of unbranched alkanes of at least 4 members (excludes halogenated alkanes) is 1. The fourth-order valence-electron chi connectivity index (χ4n) is 3.59. The van der Waals surface area contributed by atoms with Crippen molar-refractivity contribution in [3.05, 3.63) is 60.6 Å². The van der Waals surface area contributed by atoms with Crippen LogP contribution >= 0.6 is 0 Å². The van der Waals surface area contributed by atoms with Crippen molar-refractivity contribution in [2.45, 2.75) is 37.8 Å². The number of para-hydroxylation sites is 1. The summed E-state index contributed by atoms with van der Waals surface area (Å²) in [5.41, 5.74) is 13.5. The first-order valence-corrected chi connectivity index (χ1v) is 11.1. The monoisotopic (exact) mass is 456 g/mol. The second-order valence-corrected chi connectivity index (χ2v) is 8.08. The average Bonchev–Trinajstić information content (AvgIpc) is 3.22. The maximum absolute atomic E-state index is 13.2. The van der Waals surface area contributed by atoms with Crippen LogP contribution in [-0.2, 0) is 16.0 Å². The predicted molar refractivity (Wildman–Crippen MR) is 131 cm³/mol. The van der Waals surface area contributed by atoms with Gasteiger partial charge in [-0.25, -0.2) is 0 Å². The SMILES string of the molecule is C=C/C=C(/O)N(C)CNC(=O)[C@H](Cc1c[nH]c2ccccc12)N(C)C(=O)[C@@H](N)CCCCN. The molecule has 2 atom stereocenters. The molecule has 33 heavy (non-hydrogen) atoms. The Morgan fingerprint density at radius 2 is 2.00 bits per heavy atom. The van der Waals surface area contributed by atoms with E-state index in [-0.39, 0.29) is 24.4 Å². The van der Waals surface area contributed by atoms with Gasteiger partial charge in [0, 0.05) is 37.6 Å². The summed E-state index contributed by atoms with van der Waals surface area (Å²) in [6.07, 6.45) is 7.08. The van der Waals surface area contributed by atoms with Crippen molar-refractivity contribution < 1.29 is 14.7 Å². The highest BCUT2D eigenvalue weighted by Crippen LogP contribution is 2.21. The highest BCUT2D eigenvalue weighted by atomic mass is 16.3. The number of nitrogens with one attached hydrogen (secondary N) is 2. The Bertz CT molecular complexity index is 970. The van der Waals surface area contributed by atoms with Crippen molar-refractivity contribution >= 4 is 22.7 Å². The number of aromatic amines is 1. The molecule has 0 unspecified atom stereocenters. The lowest BCUT2D eigenvalue weighted by atomic mass is 10.0. The van der Waals surface area contributed by atoms with Crippen molar-refractivity contribution in [2.75, 3.05) is 27.3 Å². The van der Waals surface area contributed by atoms with E-state index in [1.54, 1.807) is 14.1 Å². The molecular weight excluding hydrogens is 420 g/mol. The van der Waals surface area contributed by atoms with Crippen LogP contribution in [0, 0.1) is 0 Å². The molecule has 0 aliphatic heterocycles. The lowest BCUT2D eigenvalue weighted by Crippen LogP contribution is -2.54. The standard InChI is InChI=1S/C24H36N6O3/c1-4-9-22(31)29(2)16-28-23(32)21(30(3)24(33)19(26)11-7-8-13-25)14-17-15-27-20-12-6-5-10-18(17)20/h4-6,9-10,12,15,19,21,27,31H,1,7-8,11,13-14,16,25-26H2,2-3H3,(H,28,32)/b22-9+/t19-,21-/m0/s1. The van der Waals surface area contributed by atoms with Gasteiger partial charge in [-0.05, 0) is 37.1 Å². The van der Waals surface area contributed by atoms with E-state index in [4.69, 9.17) is 11.5 Å². The topological polar surface area (TPSA) is 141 Å². The van der Waals surface area contributed by atoms with Gasteiger partial charge >= 0.3 is 0 Å². The Labute approximate surface area is 195 Å². The van der Waals surface area contributed by atoms with Crippen molar-refractivity contribution in [2.24, 2.45) is 11.5 Å². The van der Waals surface area contributed by atoms with Gasteiger partial charge in [0.05, 0.1) is 12.7 Å². The van der Waals surface area contributed by atoms with Crippen molar-refractivity contribution in [1.82, 2.24) is 20.1 Å². The Morgan fingerprint density at radius 3 is 2.70 bits per heavy atom. The maximum atomic E-state index is 13.2. The van der Waals surface area contributed by atoms with Gasteiger partial charge in [-0.15, -0.1) is 0 Å². The zero-order valence-corrected chi connectivity index (χ0v) is 19.5. The highest BCUT2D eigenvalue weighted by Gasteiger charge is 2.30. The molecule has 0 bridgehead atoms. The van der Waals surface area contributed by atoms with Crippen molar-refractivity contribution in [1.29, 1.82) is 0 Å². The number of hydrogen-bond acceptors (Lipinski definition) is 6. The normalized spacial score (nSPS) is 13.4. The maximum Gasteiger partial charge on any atom is 0.244 e. The third-order valence-corrected chi connectivity index (χ3v) is 5.64. The van der Waals surface area contributed by atoms with Crippen molar-refractivity contribution in [3.8, 4) is 0 Å². The van der Waals surface area contributed by atoms with E-state index in [0.29, 0.717) is 19.4 Å². The molecule has 2 aromatic rings. The first-order chi connectivity index (χ1) is 15.8. The van der Waals surface area contributed by atoms with E-state index in [9.17, 15) is 14.7 Å². The van der Waals surface area contributed by atoms with Crippen LogP contribution in [0.15, 0.2) is 55.1 Å². The number of aliphatic hydroxyl groups excluding tert-OH is 1. The first kappa shape index (κ1) is 26.0. The molecule has 7 N–H and O–H groups in total. The summed E-state index contributed by atoms with van der Waals surface area (Å²) in [5.74, 6) is -0.678. The summed E-state index contributed by atoms with van der Waals surface area (Å²) in [5, 5.41) is 13.7. The van der Waals surface area contributed by atoms with Gasteiger partial charge < -0.3 is 36.7 Å². The summed E-state index contributed by atoms with van der Waals surface area (Å²) >= 11 is 0. The fourth-order valence-corrected chi connectivity index (χ4v) is 3.59. The number of nitrogens with two attached hydrogens (primary N) is 2. The lowest BCUT2D eigenvalue weighted by molar-refractivity contribution is -0.140. The van der Waals surface area contributed by atoms with E-state index in [2.05, 4.69) is 16.9 Å². The molecule has 2 rings (SSSR count). The largest absolute Gasteiger partial charge is 0.495 e. The number of hydrogen-bond donors (Lipinski definition) is 5. The van der Waals surface area contributed by atoms with Gasteiger partial charge in [0.2, 0.25) is 11.8 Å². The molecule has 0 aliphatic rings. The Kier molecular flexibility index (Phi) is 9.96. The van der Waals surface area contributed by atoms with Gasteiger partial charge in [0.1, 0.15) is 6.04 Å². The summed E-state index contributed by atoms with van der Waals surface area (Å²) in [4.78, 5) is 32.3. The van der Waals surface area contributed by atoms with Crippen LogP contribution in [0.25, 0.3) is 10.9 Å². The molecule has 2 amide bonds. The molecule has 0 radical (unpaired) electrons. The molecule has 180 valence electrons. The molecule has 0 fully saturated rings. The van der Waals surface area contributed by atoms with Gasteiger partial charge in [0.15, 0.2) is 5.88 Å². The van der Waals surface area contributed by atoms with Crippen LogP contribution in [-0.4, -0.2) is 71.1 Å². The number of benzene rings is 1. The van der Waals surface area contributed by atoms with Crippen LogP contribution in [0.4, 0.5) is 0 Å². The number of rotatable bonds is 13. The summed E-state index contributed by atoms with van der Waals surface area (Å²) in [6.45, 7) is 4.15. The number of fused-ring (bicyclic) bond motifs is 1. The highest BCUT2D eigenvalue weighted by molar-refractivity contribution is 5.91. The van der Waals surface area contributed by atoms with Crippen molar-refractivity contribution in [3.63, 3.8) is 0 Å². The molecular formula is C24H36N6O3. The number of aromatic nitrogens is 1. The number of likely N-dealkylation sites (N-methyl/N-ethyl adjacent to an activating group) is 1. The number of amides is 2. The molecule has 0 spiro atoms. The van der Waals surface area contributed by atoms with E-state index < -0.39 is 12.1 Å². The number of carbonyl (C=O) groups is 2. The number of allylic oxidation sites excluding steroid dienone is 2. The van der Waals surface area contributed by atoms with Gasteiger partial charge in [-0.1, -0.05) is 37.3 Å². The molecule has 1 aromatic heterocycles. The van der Waals surface area contributed by atoms with Gasteiger partial charge in [0.25, 0.3) is 0 Å². The molecule has 1 heterocycles. The minimum atomic E-state index is -0.781. The van der Waals surface area contributed by atoms with Gasteiger partial charge in [-0.2, -0.15) is 0 Å². The second kappa shape index (κ2) is 12.7. The smallest absolute Gasteiger partial charge is 0.244 e. The predicted octanol–water partition coefficient (Wildman–Crippen LogP) is 1.58. The average molecular weight is 457 g/mol. The summed E-state index contributed by atoms with van der Waals surface area (Å²) in [6, 6.07) is 6.31. The van der Waals surface area contributed by atoms with Crippen LogP contribution < -0.4 is 16.8 Å². The summed E-state index contributed by atoms with van der Waals surface area (Å²) in [7, 11) is 3.23. The number of aliphatic hydroxyl groups is 1.